The van der Waals surface area contributed by atoms with Gasteiger partial charge in [-0.15, -0.1) is 0 Å². The van der Waals surface area contributed by atoms with E-state index in [1.165, 1.54) is 12.8 Å². The van der Waals surface area contributed by atoms with Crippen molar-refractivity contribution in [1.29, 1.82) is 0 Å². The summed E-state index contributed by atoms with van der Waals surface area (Å²) in [7, 11) is 0. The lowest BCUT2D eigenvalue weighted by molar-refractivity contribution is -0.144. The van der Waals surface area contributed by atoms with E-state index in [2.05, 4.69) is 6.58 Å². The molecule has 16 heavy (non-hydrogen) atoms. The second-order valence-electron chi connectivity index (χ2n) is 4.93. The van der Waals surface area contributed by atoms with Crippen LogP contribution in [-0.2, 0) is 9.53 Å². The summed E-state index contributed by atoms with van der Waals surface area (Å²) in [6.07, 6.45) is 6.57. The van der Waals surface area contributed by atoms with E-state index in [9.17, 15) is 9.90 Å². The lowest BCUT2D eigenvalue weighted by atomic mass is 9.82. The molecule has 0 aromatic rings. The van der Waals surface area contributed by atoms with Crippen LogP contribution in [0.15, 0.2) is 12.2 Å². The van der Waals surface area contributed by atoms with Gasteiger partial charge in [-0.1, -0.05) is 32.3 Å². The van der Waals surface area contributed by atoms with Gasteiger partial charge in [0.05, 0.1) is 13.2 Å². The van der Waals surface area contributed by atoms with Crippen LogP contribution in [0.5, 0.6) is 0 Å². The van der Waals surface area contributed by atoms with Gasteiger partial charge in [0.2, 0.25) is 0 Å². The minimum atomic E-state index is -0.350. The summed E-state index contributed by atoms with van der Waals surface area (Å²) in [5, 5.41) is 9.50. The zero-order valence-corrected chi connectivity index (χ0v) is 10.1. The molecule has 0 unspecified atom stereocenters. The highest BCUT2D eigenvalue weighted by molar-refractivity contribution is 5.86. The van der Waals surface area contributed by atoms with Crippen LogP contribution in [0.1, 0.15) is 45.4 Å². The van der Waals surface area contributed by atoms with E-state index in [0.29, 0.717) is 12.2 Å². The van der Waals surface area contributed by atoms with E-state index in [-0.39, 0.29) is 18.0 Å². The second-order valence-corrected chi connectivity index (χ2v) is 4.93. The minimum Gasteiger partial charge on any atom is -0.462 e. The average Bonchev–Trinajstić information content (AvgIpc) is 2.52. The van der Waals surface area contributed by atoms with Crippen molar-refractivity contribution in [2.24, 2.45) is 5.41 Å². The van der Waals surface area contributed by atoms with Gasteiger partial charge in [0.25, 0.3) is 0 Å². The molecule has 0 heterocycles. The molecule has 1 aliphatic rings. The molecular weight excluding hydrogens is 204 g/mol. The Morgan fingerprint density at radius 3 is 2.31 bits per heavy atom. The molecule has 0 bridgehead atoms. The van der Waals surface area contributed by atoms with Crippen molar-refractivity contribution >= 4 is 5.97 Å². The predicted molar refractivity (Wildman–Crippen MR) is 63.0 cm³/mol. The molecule has 1 aliphatic carbocycles. The summed E-state index contributed by atoms with van der Waals surface area (Å²) in [4.78, 5) is 11.3. The zero-order chi connectivity index (χ0) is 12.0. The van der Waals surface area contributed by atoms with E-state index in [0.717, 1.165) is 25.7 Å². The maximum absolute atomic E-state index is 11.3. The van der Waals surface area contributed by atoms with Crippen LogP contribution >= 0.6 is 0 Å². The average molecular weight is 226 g/mol. The summed E-state index contributed by atoms with van der Waals surface area (Å²) in [6.45, 7) is 5.62. The fourth-order valence-electron chi connectivity index (χ4n) is 2.17. The number of carbonyl (C=O) groups is 1. The van der Waals surface area contributed by atoms with Gasteiger partial charge >= 0.3 is 5.97 Å². The number of ether oxygens (including phenoxy) is 1. The molecular formula is C13H22O3. The van der Waals surface area contributed by atoms with E-state index in [1.54, 1.807) is 6.92 Å². The normalized spacial score (nSPS) is 19.9. The largest absolute Gasteiger partial charge is 0.462 e. The van der Waals surface area contributed by atoms with Crippen LogP contribution < -0.4 is 0 Å². The Morgan fingerprint density at radius 2 is 1.88 bits per heavy atom. The lowest BCUT2D eigenvalue weighted by Gasteiger charge is -2.29. The van der Waals surface area contributed by atoms with E-state index < -0.39 is 0 Å². The summed E-state index contributed by atoms with van der Waals surface area (Å²) in [6, 6.07) is 0. The standard InChI is InChI=1S/C13H22O3/c1-11(2)12(15)16-10-13(9-14)7-5-3-4-6-8-13/h14H,1,3-10H2,2H3. The monoisotopic (exact) mass is 226 g/mol. The van der Waals surface area contributed by atoms with Crippen molar-refractivity contribution in [3.8, 4) is 0 Å². The molecule has 92 valence electrons. The molecule has 3 nitrogen and oxygen atoms in total. The second kappa shape index (κ2) is 6.04. The van der Waals surface area contributed by atoms with Gasteiger partial charge in [0.1, 0.15) is 0 Å². The molecule has 0 atom stereocenters. The van der Waals surface area contributed by atoms with Crippen molar-refractivity contribution in [2.75, 3.05) is 13.2 Å². The number of esters is 1. The van der Waals surface area contributed by atoms with Crippen LogP contribution in [0.25, 0.3) is 0 Å². The van der Waals surface area contributed by atoms with E-state index in [1.807, 2.05) is 0 Å². The third kappa shape index (κ3) is 3.63. The van der Waals surface area contributed by atoms with Crippen LogP contribution in [0.3, 0.4) is 0 Å². The van der Waals surface area contributed by atoms with Crippen LogP contribution in [0.2, 0.25) is 0 Å². The molecule has 0 radical (unpaired) electrons. The summed E-state index contributed by atoms with van der Waals surface area (Å²) >= 11 is 0. The van der Waals surface area contributed by atoms with Gasteiger partial charge in [-0.2, -0.15) is 0 Å². The quantitative estimate of drug-likeness (QED) is 0.455. The smallest absolute Gasteiger partial charge is 0.333 e. The summed E-state index contributed by atoms with van der Waals surface area (Å²) in [5.41, 5.74) is 0.212. The number of aliphatic hydroxyl groups is 1. The highest BCUT2D eigenvalue weighted by Gasteiger charge is 2.31. The molecule has 3 heteroatoms. The van der Waals surface area contributed by atoms with Crippen molar-refractivity contribution in [2.45, 2.75) is 45.4 Å². The first kappa shape index (κ1) is 13.2. The number of hydrogen-bond donors (Lipinski definition) is 1. The number of hydrogen-bond acceptors (Lipinski definition) is 3. The summed E-state index contributed by atoms with van der Waals surface area (Å²) in [5.74, 6) is -0.350. The Labute approximate surface area is 97.5 Å². The van der Waals surface area contributed by atoms with Gasteiger partial charge < -0.3 is 9.84 Å². The fourth-order valence-corrected chi connectivity index (χ4v) is 2.17. The third-order valence-corrected chi connectivity index (χ3v) is 3.36. The lowest BCUT2D eigenvalue weighted by Crippen LogP contribution is -2.32. The molecule has 0 aromatic heterocycles. The van der Waals surface area contributed by atoms with Gasteiger partial charge in [0.15, 0.2) is 0 Å². The van der Waals surface area contributed by atoms with Crippen LogP contribution in [0, 0.1) is 5.41 Å². The summed E-state index contributed by atoms with van der Waals surface area (Å²) < 4.78 is 5.19. The molecule has 1 fully saturated rings. The number of aliphatic hydroxyl groups excluding tert-OH is 1. The highest BCUT2D eigenvalue weighted by atomic mass is 16.5. The third-order valence-electron chi connectivity index (χ3n) is 3.36. The molecule has 1 rings (SSSR count). The molecule has 0 aliphatic heterocycles. The molecule has 0 spiro atoms. The predicted octanol–water partition coefficient (Wildman–Crippen LogP) is 2.44. The van der Waals surface area contributed by atoms with Crippen LogP contribution in [0.4, 0.5) is 0 Å². The Morgan fingerprint density at radius 1 is 1.31 bits per heavy atom. The minimum absolute atomic E-state index is 0.108. The molecule has 1 N–H and O–H groups in total. The molecule has 1 saturated carbocycles. The van der Waals surface area contributed by atoms with Gasteiger partial charge in [-0.05, 0) is 19.8 Å². The molecule has 0 aromatic carbocycles. The van der Waals surface area contributed by atoms with Crippen molar-refractivity contribution in [3.63, 3.8) is 0 Å². The Hall–Kier alpha value is -0.830. The van der Waals surface area contributed by atoms with Gasteiger partial charge in [-0.25, -0.2) is 4.79 Å². The molecule has 0 saturated heterocycles. The SMILES string of the molecule is C=C(C)C(=O)OCC1(CO)CCCCCC1. The van der Waals surface area contributed by atoms with Gasteiger partial charge in [0, 0.05) is 11.0 Å². The van der Waals surface area contributed by atoms with Crippen molar-refractivity contribution < 1.29 is 14.6 Å². The van der Waals surface area contributed by atoms with E-state index >= 15 is 0 Å². The van der Waals surface area contributed by atoms with E-state index in [4.69, 9.17) is 4.74 Å². The first-order chi connectivity index (χ1) is 7.59. The Balaban J connectivity index is 2.51. The highest BCUT2D eigenvalue weighted by Crippen LogP contribution is 2.35. The number of rotatable bonds is 4. The fraction of sp³-hybridized carbons (Fsp3) is 0.769. The van der Waals surface area contributed by atoms with Gasteiger partial charge in [-0.3, -0.25) is 0 Å². The Kier molecular flexibility index (Phi) is 5.00. The first-order valence-electron chi connectivity index (χ1n) is 6.03. The zero-order valence-electron chi connectivity index (χ0n) is 10.1. The van der Waals surface area contributed by atoms with Crippen molar-refractivity contribution in [1.82, 2.24) is 0 Å². The first-order valence-corrected chi connectivity index (χ1v) is 6.03. The topological polar surface area (TPSA) is 46.5 Å². The molecule has 0 amide bonds. The van der Waals surface area contributed by atoms with Crippen molar-refractivity contribution in [3.05, 3.63) is 12.2 Å². The maximum atomic E-state index is 11.3. The van der Waals surface area contributed by atoms with Crippen LogP contribution in [-0.4, -0.2) is 24.3 Å². The number of carbonyl (C=O) groups excluding carboxylic acids is 1. The maximum Gasteiger partial charge on any atom is 0.333 e. The Bertz CT molecular complexity index is 250.